The summed E-state index contributed by atoms with van der Waals surface area (Å²) in [4.78, 5) is 0. The molecule has 5 heteroatoms. The summed E-state index contributed by atoms with van der Waals surface area (Å²) in [5.74, 6) is 0. The van der Waals surface area contributed by atoms with Crippen LogP contribution in [-0.2, 0) is 71.0 Å². The Morgan fingerprint density at radius 3 is 1.00 bits per heavy atom. The molecule has 0 aromatic rings. The van der Waals surface area contributed by atoms with Crippen molar-refractivity contribution in [3.63, 3.8) is 0 Å². The van der Waals surface area contributed by atoms with Crippen molar-refractivity contribution in [2.75, 3.05) is 0 Å². The van der Waals surface area contributed by atoms with E-state index in [9.17, 15) is 0 Å². The summed E-state index contributed by atoms with van der Waals surface area (Å²) in [6.45, 7) is 0. The molecule has 0 aliphatic rings. The second kappa shape index (κ2) is 23.0. The maximum absolute atomic E-state index is 0. The Balaban J connectivity index is 0. The van der Waals surface area contributed by atoms with Crippen molar-refractivity contribution >= 4 is 80.9 Å². The van der Waals surface area contributed by atoms with Crippen LogP contribution >= 0.6 is 0 Å². The van der Waals surface area contributed by atoms with Crippen LogP contribution in [0.5, 0.6) is 0 Å². The zero-order valence-corrected chi connectivity index (χ0v) is 9.26. The van der Waals surface area contributed by atoms with E-state index in [0.717, 1.165) is 0 Å². The Hall–Kier alpha value is 5.00. The summed E-state index contributed by atoms with van der Waals surface area (Å²) in [5, 5.41) is 0. The van der Waals surface area contributed by atoms with E-state index < -0.39 is 0 Å². The minimum absolute atomic E-state index is 0. The topological polar surface area (TPSA) is 0 Å². The summed E-state index contributed by atoms with van der Waals surface area (Å²) in [7, 11) is 0. The van der Waals surface area contributed by atoms with Gasteiger partial charge in [-0.2, -0.15) is 0 Å². The molecule has 0 saturated heterocycles. The summed E-state index contributed by atoms with van der Waals surface area (Å²) in [6.07, 6.45) is 0. The van der Waals surface area contributed by atoms with E-state index in [1.807, 2.05) is 0 Å². The molecule has 0 aliphatic heterocycles. The first-order valence-electron chi connectivity index (χ1n) is 0. The maximum atomic E-state index is 0. The first-order chi connectivity index (χ1) is 0. The molecule has 0 spiro atoms. The van der Waals surface area contributed by atoms with Crippen LogP contribution in [0.1, 0.15) is 0 Å². The molecule has 0 rings (SSSR count). The van der Waals surface area contributed by atoms with E-state index in [0.29, 0.717) is 0 Å². The van der Waals surface area contributed by atoms with Gasteiger partial charge in [0.05, 0.1) is 0 Å². The van der Waals surface area contributed by atoms with Gasteiger partial charge in [0.2, 0.25) is 0 Å². The summed E-state index contributed by atoms with van der Waals surface area (Å²) >= 11 is 0. The number of hydrogen-bond donors (Lipinski definition) is 0. The van der Waals surface area contributed by atoms with Crippen LogP contribution in [0.25, 0.3) is 0 Å². The molecule has 18 valence electrons. The zero-order valence-electron chi connectivity index (χ0n) is 1.39. The molecule has 2 radical (unpaired) electrons. The Morgan fingerprint density at radius 1 is 1.00 bits per heavy atom. The zero-order chi connectivity index (χ0) is 0. The molecule has 0 nitrogen and oxygen atoms in total. The molecule has 0 fully saturated rings. The molecule has 0 amide bonds. The molecule has 0 aromatic heterocycles. The summed E-state index contributed by atoms with van der Waals surface area (Å²) in [6, 6.07) is 0. The van der Waals surface area contributed by atoms with Crippen LogP contribution in [0, 0.1) is 0 Å². The molecule has 0 unspecified atom stereocenters. The first-order valence-corrected chi connectivity index (χ1v) is 0. The molecule has 0 N–H and O–H groups in total. The predicted molar refractivity (Wildman–Crippen MR) is 14.3 cm³/mol. The molecule has 0 aliphatic carbocycles. The molecular formula is H2KNaNbTaZr. The fourth-order valence-electron chi connectivity index (χ4n) is 0. The van der Waals surface area contributed by atoms with Gasteiger partial charge in [-0.25, -0.2) is 0 Å². The van der Waals surface area contributed by atoms with Crippen LogP contribution in [0.3, 0.4) is 0 Å². The van der Waals surface area contributed by atoms with E-state index in [2.05, 4.69) is 0 Å². The van der Waals surface area contributed by atoms with Crippen LogP contribution in [0.15, 0.2) is 0 Å². The van der Waals surface area contributed by atoms with Gasteiger partial charge < -0.3 is 0 Å². The quantitative estimate of drug-likeness (QED) is 0.420. The third-order valence-corrected chi connectivity index (χ3v) is 0. The molecule has 0 heterocycles. The Morgan fingerprint density at radius 2 is 1.00 bits per heavy atom. The minimum atomic E-state index is 0. The third-order valence-electron chi connectivity index (χ3n) is 0. The van der Waals surface area contributed by atoms with Gasteiger partial charge in [0.1, 0.15) is 0 Å². The smallest absolute Gasteiger partial charge is 0 e. The molecule has 0 atom stereocenters. The fraction of sp³-hybridized carbons (Fsp3) is 0. The molecule has 0 bridgehead atoms. The summed E-state index contributed by atoms with van der Waals surface area (Å²) < 4.78 is 0. The van der Waals surface area contributed by atoms with Gasteiger partial charge >= 0.3 is 80.9 Å². The van der Waals surface area contributed by atoms with Gasteiger partial charge in [-0.3, -0.25) is 0 Å². The van der Waals surface area contributed by atoms with E-state index >= 15 is 0 Å². The number of hydrogen-bond acceptors (Lipinski definition) is 0. The van der Waals surface area contributed by atoms with E-state index in [4.69, 9.17) is 0 Å². The van der Waals surface area contributed by atoms with Crippen molar-refractivity contribution in [1.29, 1.82) is 0 Å². The van der Waals surface area contributed by atoms with Crippen molar-refractivity contribution in [2.45, 2.75) is 0 Å². The molecule has 0 aromatic carbocycles. The Bertz CT molecular complexity index is 11.6. The molecule has 5 heavy (non-hydrogen) atoms. The Kier molecular flexibility index (Phi) is 149. The van der Waals surface area contributed by atoms with Crippen molar-refractivity contribution in [1.82, 2.24) is 0 Å². The number of rotatable bonds is 0. The fourth-order valence-corrected chi connectivity index (χ4v) is 0. The average molecular weight is 429 g/mol. The van der Waals surface area contributed by atoms with Gasteiger partial charge in [-0.05, 0) is 0 Å². The third kappa shape index (κ3) is 17.6. The molecular weight excluding hydrogens is 427 g/mol. The average Bonchev–Trinajstić information content (AvgIpc) is 0. The van der Waals surface area contributed by atoms with Gasteiger partial charge in [0, 0.05) is 71.0 Å². The van der Waals surface area contributed by atoms with Crippen LogP contribution in [0.4, 0.5) is 0 Å². The largest absolute Gasteiger partial charge is 0 e. The van der Waals surface area contributed by atoms with E-state index in [1.165, 1.54) is 0 Å². The van der Waals surface area contributed by atoms with Crippen molar-refractivity contribution < 1.29 is 71.0 Å². The standard InChI is InChI=1S/K.Na.Nb.Ta.Zr.2H. The van der Waals surface area contributed by atoms with Crippen LogP contribution in [-0.4, -0.2) is 80.9 Å². The van der Waals surface area contributed by atoms with Gasteiger partial charge in [-0.1, -0.05) is 0 Å². The van der Waals surface area contributed by atoms with Crippen molar-refractivity contribution in [2.24, 2.45) is 0 Å². The summed E-state index contributed by atoms with van der Waals surface area (Å²) in [5.41, 5.74) is 0. The second-order valence-corrected chi connectivity index (χ2v) is 0. The van der Waals surface area contributed by atoms with Gasteiger partial charge in [0.15, 0.2) is 0 Å². The maximum Gasteiger partial charge on any atom is 0 e. The van der Waals surface area contributed by atoms with Crippen LogP contribution < -0.4 is 0 Å². The van der Waals surface area contributed by atoms with Gasteiger partial charge in [-0.15, -0.1) is 0 Å². The van der Waals surface area contributed by atoms with E-state index in [1.54, 1.807) is 0 Å². The molecule has 0 saturated carbocycles. The monoisotopic (exact) mass is 428 g/mol. The van der Waals surface area contributed by atoms with E-state index in [-0.39, 0.29) is 152 Å². The SMILES string of the molecule is [KH].[NaH].[Nb].[Ta].[Zr]. The van der Waals surface area contributed by atoms with Crippen LogP contribution in [0.2, 0.25) is 0 Å². The Labute approximate surface area is 147 Å². The van der Waals surface area contributed by atoms with Crippen molar-refractivity contribution in [3.8, 4) is 0 Å². The van der Waals surface area contributed by atoms with Gasteiger partial charge in [0.25, 0.3) is 0 Å². The van der Waals surface area contributed by atoms with Crippen molar-refractivity contribution in [3.05, 3.63) is 0 Å². The second-order valence-electron chi connectivity index (χ2n) is 0. The normalized spacial score (nSPS) is 0. The first kappa shape index (κ1) is 32.4. The predicted octanol–water partition coefficient (Wildman–Crippen LogP) is -1.30. The minimum Gasteiger partial charge on any atom is 0 e.